The molecule has 0 aliphatic carbocycles. The van der Waals surface area contributed by atoms with Gasteiger partial charge in [-0.15, -0.1) is 0 Å². The number of phenolic OH excluding ortho intramolecular Hbond substituents is 1. The van der Waals surface area contributed by atoms with Gasteiger partial charge in [0.15, 0.2) is 0 Å². The molecule has 0 spiro atoms. The predicted molar refractivity (Wildman–Crippen MR) is 108 cm³/mol. The number of fused-ring (bicyclic) bond motifs is 1. The van der Waals surface area contributed by atoms with Gasteiger partial charge in [0.1, 0.15) is 23.1 Å². The molecule has 0 aliphatic heterocycles. The van der Waals surface area contributed by atoms with Crippen molar-refractivity contribution in [3.05, 3.63) is 78.0 Å². The molecule has 6 heteroatoms. The van der Waals surface area contributed by atoms with Crippen LogP contribution in [0.5, 0.6) is 11.5 Å². The lowest BCUT2D eigenvalue weighted by Gasteiger charge is -2.09. The summed E-state index contributed by atoms with van der Waals surface area (Å²) < 4.78 is 5.10. The number of ether oxygens (including phenoxy) is 1. The largest absolute Gasteiger partial charge is 0.507 e. The number of carbonyl (C=O) groups is 1. The molecule has 3 N–H and O–H groups in total. The molecule has 6 nitrogen and oxygen atoms in total. The van der Waals surface area contributed by atoms with Gasteiger partial charge < -0.3 is 20.5 Å². The number of aromatic hydroxyl groups is 1. The van der Waals surface area contributed by atoms with Crippen LogP contribution in [0.15, 0.2) is 72.4 Å². The summed E-state index contributed by atoms with van der Waals surface area (Å²) in [5, 5.41) is 26.4. The third-order valence-electron chi connectivity index (χ3n) is 4.25. The van der Waals surface area contributed by atoms with Crippen LogP contribution in [0.1, 0.15) is 5.56 Å². The van der Waals surface area contributed by atoms with E-state index in [2.05, 4.69) is 10.6 Å². The summed E-state index contributed by atoms with van der Waals surface area (Å²) in [6, 6.07) is 19.8. The van der Waals surface area contributed by atoms with E-state index in [9.17, 15) is 15.2 Å². The van der Waals surface area contributed by atoms with Crippen molar-refractivity contribution < 1.29 is 14.6 Å². The zero-order chi connectivity index (χ0) is 19.9. The number of phenols is 1. The maximum atomic E-state index is 12.3. The van der Waals surface area contributed by atoms with E-state index in [0.717, 1.165) is 16.7 Å². The van der Waals surface area contributed by atoms with E-state index < -0.39 is 5.91 Å². The fraction of sp³-hybridized carbons (Fsp3) is 0.0909. The lowest BCUT2D eigenvalue weighted by molar-refractivity contribution is -0.117. The van der Waals surface area contributed by atoms with Gasteiger partial charge in [0, 0.05) is 29.2 Å². The molecule has 3 rings (SSSR count). The third kappa shape index (κ3) is 4.22. The van der Waals surface area contributed by atoms with Crippen molar-refractivity contribution in [3.8, 4) is 17.6 Å². The maximum Gasteiger partial charge on any atom is 0.263 e. The molecule has 28 heavy (non-hydrogen) atoms. The van der Waals surface area contributed by atoms with E-state index in [-0.39, 0.29) is 11.3 Å². The molecule has 1 amide bonds. The second-order valence-corrected chi connectivity index (χ2v) is 6.02. The quantitative estimate of drug-likeness (QED) is 0.452. The molecule has 0 fully saturated rings. The Hall–Kier alpha value is -3.98. The number of amides is 1. The number of anilines is 1. The predicted octanol–water partition coefficient (Wildman–Crippen LogP) is 3.69. The van der Waals surface area contributed by atoms with Gasteiger partial charge in [-0.1, -0.05) is 36.4 Å². The number of methoxy groups -OCH3 is 1. The molecule has 140 valence electrons. The van der Waals surface area contributed by atoms with Crippen LogP contribution in [0.4, 0.5) is 5.69 Å². The SMILES string of the molecule is COc1ccc(CNC(=O)/C(C#N)=C\Nc2cccc3c(O)cccc23)cc1. The zero-order valence-corrected chi connectivity index (χ0v) is 15.3. The van der Waals surface area contributed by atoms with Crippen molar-refractivity contribution in [1.82, 2.24) is 5.32 Å². The highest BCUT2D eigenvalue weighted by molar-refractivity contribution is 6.00. The normalized spacial score (nSPS) is 10.9. The molecule has 0 atom stereocenters. The first-order valence-electron chi connectivity index (χ1n) is 8.61. The summed E-state index contributed by atoms with van der Waals surface area (Å²) in [5.74, 6) is 0.426. The Kier molecular flexibility index (Phi) is 5.78. The zero-order valence-electron chi connectivity index (χ0n) is 15.3. The standard InChI is InChI=1S/C22H19N3O3/c1-28-17-10-8-15(9-11-17)13-25-22(27)16(12-23)14-24-20-6-2-5-19-18(20)4-3-7-21(19)26/h2-11,14,24,26H,13H2,1H3,(H,25,27)/b16-14-. The van der Waals surface area contributed by atoms with Crippen LogP contribution in [-0.4, -0.2) is 18.1 Å². The molecule has 0 radical (unpaired) electrons. The Bertz CT molecular complexity index is 1070. The van der Waals surface area contributed by atoms with Crippen molar-refractivity contribution in [2.75, 3.05) is 12.4 Å². The summed E-state index contributed by atoms with van der Waals surface area (Å²) in [7, 11) is 1.59. The molecule has 0 unspecified atom stereocenters. The Balaban J connectivity index is 1.70. The Morgan fingerprint density at radius 2 is 1.82 bits per heavy atom. The molecule has 0 aliphatic rings. The Morgan fingerprint density at radius 3 is 2.54 bits per heavy atom. The topological polar surface area (TPSA) is 94.4 Å². The van der Waals surface area contributed by atoms with Crippen LogP contribution in [0.25, 0.3) is 10.8 Å². The highest BCUT2D eigenvalue weighted by Gasteiger charge is 2.09. The lowest BCUT2D eigenvalue weighted by atomic mass is 10.1. The summed E-state index contributed by atoms with van der Waals surface area (Å²) in [6.45, 7) is 0.296. The van der Waals surface area contributed by atoms with E-state index in [0.29, 0.717) is 17.6 Å². The molecule has 0 saturated carbocycles. The van der Waals surface area contributed by atoms with Crippen molar-refractivity contribution in [2.24, 2.45) is 0 Å². The maximum absolute atomic E-state index is 12.3. The number of benzene rings is 3. The number of carbonyl (C=O) groups excluding carboxylic acids is 1. The van der Waals surface area contributed by atoms with E-state index >= 15 is 0 Å². The van der Waals surface area contributed by atoms with Crippen molar-refractivity contribution in [2.45, 2.75) is 6.54 Å². The molecule has 0 heterocycles. The van der Waals surface area contributed by atoms with Gasteiger partial charge in [-0.25, -0.2) is 0 Å². The van der Waals surface area contributed by atoms with E-state index in [1.165, 1.54) is 6.20 Å². The van der Waals surface area contributed by atoms with E-state index in [1.54, 1.807) is 43.5 Å². The molecular weight excluding hydrogens is 354 g/mol. The van der Waals surface area contributed by atoms with Gasteiger partial charge in [0.2, 0.25) is 0 Å². The van der Waals surface area contributed by atoms with Gasteiger partial charge >= 0.3 is 0 Å². The first kappa shape index (κ1) is 18.8. The number of hydrogen-bond donors (Lipinski definition) is 3. The Morgan fingerprint density at radius 1 is 1.11 bits per heavy atom. The monoisotopic (exact) mass is 373 g/mol. The highest BCUT2D eigenvalue weighted by atomic mass is 16.5. The third-order valence-corrected chi connectivity index (χ3v) is 4.25. The number of rotatable bonds is 6. The van der Waals surface area contributed by atoms with Crippen LogP contribution < -0.4 is 15.4 Å². The second kappa shape index (κ2) is 8.60. The molecule has 3 aromatic carbocycles. The second-order valence-electron chi connectivity index (χ2n) is 6.02. The van der Waals surface area contributed by atoms with Crippen molar-refractivity contribution in [3.63, 3.8) is 0 Å². The smallest absolute Gasteiger partial charge is 0.263 e. The van der Waals surface area contributed by atoms with Gasteiger partial charge in [0.05, 0.1) is 7.11 Å². The molecular formula is C22H19N3O3. The first-order valence-corrected chi connectivity index (χ1v) is 8.61. The number of nitrogens with zero attached hydrogens (tertiary/aromatic N) is 1. The van der Waals surface area contributed by atoms with E-state index in [1.807, 2.05) is 30.3 Å². The van der Waals surface area contributed by atoms with Crippen LogP contribution in [0.3, 0.4) is 0 Å². The molecule has 0 aromatic heterocycles. The molecule has 0 saturated heterocycles. The number of nitrogens with one attached hydrogen (secondary N) is 2. The van der Waals surface area contributed by atoms with Crippen LogP contribution in [-0.2, 0) is 11.3 Å². The van der Waals surface area contributed by atoms with Crippen LogP contribution in [0, 0.1) is 11.3 Å². The number of nitriles is 1. The summed E-state index contributed by atoms with van der Waals surface area (Å²) >= 11 is 0. The average Bonchev–Trinajstić information content (AvgIpc) is 2.73. The minimum absolute atomic E-state index is 0.0503. The van der Waals surface area contributed by atoms with Gasteiger partial charge in [-0.3, -0.25) is 4.79 Å². The van der Waals surface area contributed by atoms with Crippen molar-refractivity contribution >= 4 is 22.4 Å². The first-order chi connectivity index (χ1) is 13.6. The molecule has 3 aromatic rings. The fourth-order valence-electron chi connectivity index (χ4n) is 2.74. The molecule has 0 bridgehead atoms. The Labute approximate surface area is 162 Å². The summed E-state index contributed by atoms with van der Waals surface area (Å²) in [4.78, 5) is 12.3. The number of hydrogen-bond acceptors (Lipinski definition) is 5. The summed E-state index contributed by atoms with van der Waals surface area (Å²) in [5.41, 5.74) is 1.53. The highest BCUT2D eigenvalue weighted by Crippen LogP contribution is 2.29. The lowest BCUT2D eigenvalue weighted by Crippen LogP contribution is -2.24. The average molecular weight is 373 g/mol. The minimum atomic E-state index is -0.478. The minimum Gasteiger partial charge on any atom is -0.507 e. The van der Waals surface area contributed by atoms with Crippen LogP contribution in [0.2, 0.25) is 0 Å². The van der Waals surface area contributed by atoms with Gasteiger partial charge in [-0.05, 0) is 29.8 Å². The van der Waals surface area contributed by atoms with Crippen LogP contribution >= 0.6 is 0 Å². The fourth-order valence-corrected chi connectivity index (χ4v) is 2.74. The van der Waals surface area contributed by atoms with Crippen molar-refractivity contribution in [1.29, 1.82) is 5.26 Å². The summed E-state index contributed by atoms with van der Waals surface area (Å²) in [6.07, 6.45) is 1.36. The van der Waals surface area contributed by atoms with Gasteiger partial charge in [0.25, 0.3) is 5.91 Å². The van der Waals surface area contributed by atoms with E-state index in [4.69, 9.17) is 4.74 Å². The van der Waals surface area contributed by atoms with Gasteiger partial charge in [-0.2, -0.15) is 5.26 Å².